The molecule has 0 aliphatic carbocycles. The largest absolute Gasteiger partial charge is 0.423 e. The minimum absolute atomic E-state index is 0.0899. The Morgan fingerprint density at radius 1 is 1.10 bits per heavy atom. The highest BCUT2D eigenvalue weighted by molar-refractivity contribution is 7.89. The van der Waals surface area contributed by atoms with Crippen LogP contribution in [0.1, 0.15) is 25.2 Å². The number of H-pyrrole nitrogens is 1. The number of fused-ring (bicyclic) bond motifs is 1. The molecule has 2 heterocycles. The van der Waals surface area contributed by atoms with Crippen LogP contribution in [0.5, 0.6) is 0 Å². The molecular formula is C21H19N3O4S. The predicted octanol–water partition coefficient (Wildman–Crippen LogP) is 3.61. The number of rotatable bonds is 6. The van der Waals surface area contributed by atoms with Crippen LogP contribution in [0.2, 0.25) is 0 Å². The summed E-state index contributed by atoms with van der Waals surface area (Å²) in [5, 5.41) is 0.532. The highest BCUT2D eigenvalue weighted by Gasteiger charge is 2.23. The van der Waals surface area contributed by atoms with Crippen molar-refractivity contribution < 1.29 is 12.8 Å². The molecule has 1 atom stereocenters. The number of hydrogen-bond acceptors (Lipinski definition) is 5. The molecule has 2 aromatic carbocycles. The van der Waals surface area contributed by atoms with Gasteiger partial charge in [0.2, 0.25) is 10.0 Å². The summed E-state index contributed by atoms with van der Waals surface area (Å²) in [6.07, 6.45) is 2.21. The van der Waals surface area contributed by atoms with Crippen molar-refractivity contribution in [3.05, 3.63) is 83.1 Å². The van der Waals surface area contributed by atoms with Crippen molar-refractivity contribution in [3.63, 3.8) is 0 Å². The van der Waals surface area contributed by atoms with Crippen LogP contribution in [0, 0.1) is 0 Å². The molecule has 0 saturated carbocycles. The Hall–Kier alpha value is -3.23. The molecule has 0 bridgehead atoms. The van der Waals surface area contributed by atoms with Gasteiger partial charge in [-0.05, 0) is 36.2 Å². The Balaban J connectivity index is 1.62. The third-order valence-corrected chi connectivity index (χ3v) is 6.09. The fourth-order valence-electron chi connectivity index (χ4n) is 3.08. The average Bonchev–Trinajstić information content (AvgIpc) is 3.22. The van der Waals surface area contributed by atoms with Gasteiger partial charge in [-0.2, -0.15) is 0 Å². The first-order chi connectivity index (χ1) is 14.0. The highest BCUT2D eigenvalue weighted by Crippen LogP contribution is 2.23. The second-order valence-corrected chi connectivity index (χ2v) is 8.30. The van der Waals surface area contributed by atoms with Crippen molar-refractivity contribution in [3.8, 4) is 11.3 Å². The van der Waals surface area contributed by atoms with Gasteiger partial charge in [0, 0.05) is 11.5 Å². The van der Waals surface area contributed by atoms with E-state index in [2.05, 4.69) is 14.7 Å². The van der Waals surface area contributed by atoms with Gasteiger partial charge in [0.1, 0.15) is 11.4 Å². The molecule has 0 fully saturated rings. The lowest BCUT2D eigenvalue weighted by Gasteiger charge is -2.15. The van der Waals surface area contributed by atoms with E-state index in [1.165, 1.54) is 30.3 Å². The zero-order valence-electron chi connectivity index (χ0n) is 15.6. The van der Waals surface area contributed by atoms with Crippen molar-refractivity contribution >= 4 is 21.0 Å². The summed E-state index contributed by atoms with van der Waals surface area (Å²) >= 11 is 0. The molecule has 4 aromatic rings. The Labute approximate surface area is 167 Å². The highest BCUT2D eigenvalue weighted by atomic mass is 32.2. The summed E-state index contributed by atoms with van der Waals surface area (Å²) in [5.41, 5.74) is 1.64. The van der Waals surface area contributed by atoms with Crippen LogP contribution in [0.4, 0.5) is 0 Å². The zero-order valence-corrected chi connectivity index (χ0v) is 16.4. The number of imidazole rings is 1. The van der Waals surface area contributed by atoms with Gasteiger partial charge in [-0.15, -0.1) is 0 Å². The standard InChI is InChI=1S/C21H19N3O4S/c1-2-17(21-22-13-18(23-21)14-6-4-3-5-7-14)24-29(26,27)16-9-10-19-15(12-16)8-11-20(25)28-19/h3-13,17,24H,2H2,1H3,(H,22,23)/t17-/m0/s1. The molecule has 148 valence electrons. The van der Waals surface area contributed by atoms with Gasteiger partial charge < -0.3 is 9.40 Å². The molecule has 29 heavy (non-hydrogen) atoms. The fraction of sp³-hybridized carbons (Fsp3) is 0.143. The molecule has 0 unspecified atom stereocenters. The van der Waals surface area contributed by atoms with E-state index in [0.29, 0.717) is 23.2 Å². The van der Waals surface area contributed by atoms with Crippen molar-refractivity contribution in [2.45, 2.75) is 24.3 Å². The van der Waals surface area contributed by atoms with Gasteiger partial charge in [0.25, 0.3) is 0 Å². The summed E-state index contributed by atoms with van der Waals surface area (Å²) in [5.74, 6) is 0.543. The van der Waals surface area contributed by atoms with Crippen molar-refractivity contribution in [2.75, 3.05) is 0 Å². The molecule has 0 aliphatic rings. The van der Waals surface area contributed by atoms with E-state index >= 15 is 0 Å². The molecule has 0 radical (unpaired) electrons. The minimum atomic E-state index is -3.81. The second-order valence-electron chi connectivity index (χ2n) is 6.58. The summed E-state index contributed by atoms with van der Waals surface area (Å²) in [7, 11) is -3.81. The number of aromatic nitrogens is 2. The first-order valence-corrected chi connectivity index (χ1v) is 10.6. The first kappa shape index (κ1) is 19.1. The second kappa shape index (κ2) is 7.65. The molecule has 4 rings (SSSR count). The first-order valence-electron chi connectivity index (χ1n) is 9.13. The maximum Gasteiger partial charge on any atom is 0.336 e. The molecule has 2 N–H and O–H groups in total. The molecule has 0 amide bonds. The average molecular weight is 409 g/mol. The van der Waals surface area contributed by atoms with Crippen molar-refractivity contribution in [2.24, 2.45) is 0 Å². The van der Waals surface area contributed by atoms with Gasteiger partial charge in [0.05, 0.1) is 22.8 Å². The lowest BCUT2D eigenvalue weighted by Crippen LogP contribution is -2.29. The monoisotopic (exact) mass is 409 g/mol. The molecule has 0 spiro atoms. The van der Waals surface area contributed by atoms with E-state index in [1.807, 2.05) is 37.3 Å². The number of nitrogens with zero attached hydrogens (tertiary/aromatic N) is 1. The van der Waals surface area contributed by atoms with Crippen LogP contribution in [0.3, 0.4) is 0 Å². The van der Waals surface area contributed by atoms with Crippen LogP contribution in [-0.2, 0) is 10.0 Å². The smallest absolute Gasteiger partial charge is 0.336 e. The van der Waals surface area contributed by atoms with Crippen LogP contribution in [0.15, 0.2) is 81.0 Å². The topological polar surface area (TPSA) is 105 Å². The molecule has 7 nitrogen and oxygen atoms in total. The Kier molecular flexibility index (Phi) is 5.04. The van der Waals surface area contributed by atoms with Gasteiger partial charge in [-0.1, -0.05) is 37.3 Å². The zero-order chi connectivity index (χ0) is 20.4. The summed E-state index contributed by atoms with van der Waals surface area (Å²) in [6, 6.07) is 16.3. The lowest BCUT2D eigenvalue weighted by molar-refractivity contribution is 0.539. The maximum atomic E-state index is 12.9. The van der Waals surface area contributed by atoms with Crippen LogP contribution < -0.4 is 10.3 Å². The summed E-state index contributed by atoms with van der Waals surface area (Å²) in [6.45, 7) is 1.88. The number of nitrogens with one attached hydrogen (secondary N) is 2. The van der Waals surface area contributed by atoms with E-state index in [0.717, 1.165) is 11.3 Å². The SMILES string of the molecule is CC[C@H](NS(=O)(=O)c1ccc2oc(=O)ccc2c1)c1ncc(-c2ccccc2)[nH]1. The number of aromatic amines is 1. The van der Waals surface area contributed by atoms with Crippen LogP contribution in [-0.4, -0.2) is 18.4 Å². The Bertz CT molecular complexity index is 1310. The quantitative estimate of drug-likeness (QED) is 0.473. The summed E-state index contributed by atoms with van der Waals surface area (Å²) < 4.78 is 33.6. The van der Waals surface area contributed by atoms with E-state index in [-0.39, 0.29) is 4.90 Å². The summed E-state index contributed by atoms with van der Waals surface area (Å²) in [4.78, 5) is 19.0. The molecule has 8 heteroatoms. The maximum absolute atomic E-state index is 12.9. The van der Waals surface area contributed by atoms with E-state index in [4.69, 9.17) is 4.42 Å². The molecular weight excluding hydrogens is 390 g/mol. The van der Waals surface area contributed by atoms with Crippen molar-refractivity contribution in [1.82, 2.24) is 14.7 Å². The number of benzene rings is 2. The third-order valence-electron chi connectivity index (χ3n) is 4.62. The number of hydrogen-bond donors (Lipinski definition) is 2. The van der Waals surface area contributed by atoms with E-state index in [1.54, 1.807) is 6.20 Å². The van der Waals surface area contributed by atoms with Crippen LogP contribution >= 0.6 is 0 Å². The minimum Gasteiger partial charge on any atom is -0.423 e. The lowest BCUT2D eigenvalue weighted by atomic mass is 10.2. The van der Waals surface area contributed by atoms with Gasteiger partial charge in [0.15, 0.2) is 0 Å². The molecule has 0 aliphatic heterocycles. The molecule has 0 saturated heterocycles. The van der Waals surface area contributed by atoms with Crippen LogP contribution in [0.25, 0.3) is 22.2 Å². The Morgan fingerprint density at radius 3 is 2.66 bits per heavy atom. The van der Waals surface area contributed by atoms with Gasteiger partial charge >= 0.3 is 5.63 Å². The third kappa shape index (κ3) is 3.98. The van der Waals surface area contributed by atoms with E-state index in [9.17, 15) is 13.2 Å². The van der Waals surface area contributed by atoms with Crippen molar-refractivity contribution in [1.29, 1.82) is 0 Å². The molecule has 2 aromatic heterocycles. The fourth-order valence-corrected chi connectivity index (χ4v) is 4.40. The Morgan fingerprint density at radius 2 is 1.90 bits per heavy atom. The number of sulfonamides is 1. The van der Waals surface area contributed by atoms with Gasteiger partial charge in [-0.3, -0.25) is 0 Å². The van der Waals surface area contributed by atoms with E-state index < -0.39 is 21.7 Å². The predicted molar refractivity (Wildman–Crippen MR) is 110 cm³/mol. The van der Waals surface area contributed by atoms with Gasteiger partial charge in [-0.25, -0.2) is 22.9 Å². The normalized spacial score (nSPS) is 12.9.